The van der Waals surface area contributed by atoms with Crippen molar-refractivity contribution >= 4 is 33.4 Å². The van der Waals surface area contributed by atoms with E-state index in [0.717, 1.165) is 42.5 Å². The van der Waals surface area contributed by atoms with Crippen molar-refractivity contribution in [2.45, 2.75) is 31.3 Å². The van der Waals surface area contributed by atoms with E-state index in [0.29, 0.717) is 58.9 Å². The van der Waals surface area contributed by atoms with Crippen molar-refractivity contribution in [2.75, 3.05) is 29.9 Å². The van der Waals surface area contributed by atoms with E-state index in [1.54, 1.807) is 36.7 Å². The topological polar surface area (TPSA) is 99.1 Å². The number of rotatable bonds is 6. The average molecular weight is 522 g/mol. The predicted molar refractivity (Wildman–Crippen MR) is 150 cm³/mol. The first-order chi connectivity index (χ1) is 19.1. The third-order valence-electron chi connectivity index (χ3n) is 7.68. The molecule has 0 amide bonds. The van der Waals surface area contributed by atoms with Crippen molar-refractivity contribution in [2.24, 2.45) is 0 Å². The smallest absolute Gasteiger partial charge is 0.222 e. The Labute approximate surface area is 225 Å². The number of nitrogens with zero attached hydrogens (tertiary/aromatic N) is 5. The third kappa shape index (κ3) is 4.48. The van der Waals surface area contributed by atoms with Crippen molar-refractivity contribution in [3.63, 3.8) is 0 Å². The van der Waals surface area contributed by atoms with Gasteiger partial charge in [-0.2, -0.15) is 0 Å². The van der Waals surface area contributed by atoms with Crippen LogP contribution in [-0.2, 0) is 6.42 Å². The number of fused-ring (bicyclic) bond motifs is 4. The van der Waals surface area contributed by atoms with Crippen LogP contribution >= 0.6 is 0 Å². The second kappa shape index (κ2) is 9.74. The standard InChI is InChI=1S/C30H28FN7O/c31-27-23(25-15-21(39)14-18-4-1-2-5-22(18)25)8-9-24-28(27)36-26(10-13-34-30-32-11-3-12-33-30)37-29(24)38-16-19-6-7-20(17-38)35-19/h1-5,8-9,11-12,14-15,19-20,35,39H,6-7,10,13,16-17H2,(H,32,33,34)/t19-,20+. The molecule has 2 aliphatic rings. The highest BCUT2D eigenvalue weighted by Gasteiger charge is 2.34. The highest BCUT2D eigenvalue weighted by Crippen LogP contribution is 2.38. The number of hydrogen-bond acceptors (Lipinski definition) is 8. The Morgan fingerprint density at radius 2 is 1.72 bits per heavy atom. The Morgan fingerprint density at radius 1 is 0.923 bits per heavy atom. The molecule has 2 fully saturated rings. The molecule has 2 atom stereocenters. The number of nitrogens with one attached hydrogen (secondary N) is 2. The van der Waals surface area contributed by atoms with Crippen molar-refractivity contribution in [3.05, 3.63) is 78.6 Å². The molecule has 3 N–H and O–H groups in total. The summed E-state index contributed by atoms with van der Waals surface area (Å²) in [5.41, 5.74) is 1.33. The molecule has 196 valence electrons. The lowest BCUT2D eigenvalue weighted by atomic mass is 9.96. The first-order valence-corrected chi connectivity index (χ1v) is 13.4. The summed E-state index contributed by atoms with van der Waals surface area (Å²) >= 11 is 0. The number of piperazine rings is 1. The molecule has 2 saturated heterocycles. The van der Waals surface area contributed by atoms with Gasteiger partial charge in [-0.05, 0) is 53.4 Å². The lowest BCUT2D eigenvalue weighted by Crippen LogP contribution is -2.51. The number of benzene rings is 3. The highest BCUT2D eigenvalue weighted by atomic mass is 19.1. The molecule has 39 heavy (non-hydrogen) atoms. The zero-order chi connectivity index (χ0) is 26.3. The van der Waals surface area contributed by atoms with E-state index in [1.165, 1.54) is 0 Å². The maximum atomic E-state index is 16.5. The van der Waals surface area contributed by atoms with Crippen LogP contribution in [0.2, 0.25) is 0 Å². The summed E-state index contributed by atoms with van der Waals surface area (Å²) in [5, 5.41) is 19.7. The molecule has 0 saturated carbocycles. The summed E-state index contributed by atoms with van der Waals surface area (Å²) in [6, 6.07) is 17.3. The van der Waals surface area contributed by atoms with Crippen LogP contribution in [0.1, 0.15) is 18.7 Å². The Balaban J connectivity index is 1.33. The minimum absolute atomic E-state index is 0.0951. The Bertz CT molecular complexity index is 1670. The fraction of sp³-hybridized carbons (Fsp3) is 0.267. The molecular formula is C30H28FN7O. The van der Waals surface area contributed by atoms with Gasteiger partial charge in [0, 0.05) is 61.5 Å². The van der Waals surface area contributed by atoms with Crippen LogP contribution in [0.5, 0.6) is 5.75 Å². The van der Waals surface area contributed by atoms with Gasteiger partial charge >= 0.3 is 0 Å². The lowest BCUT2D eigenvalue weighted by Gasteiger charge is -2.34. The molecule has 7 rings (SSSR count). The van der Waals surface area contributed by atoms with Gasteiger partial charge < -0.3 is 20.6 Å². The second-order valence-corrected chi connectivity index (χ2v) is 10.3. The van der Waals surface area contributed by atoms with Gasteiger partial charge in [0.15, 0.2) is 5.82 Å². The predicted octanol–water partition coefficient (Wildman–Crippen LogP) is 4.68. The number of phenols is 1. The summed E-state index contributed by atoms with van der Waals surface area (Å²) in [5.74, 6) is 1.55. The van der Waals surface area contributed by atoms with Gasteiger partial charge in [-0.25, -0.2) is 24.3 Å². The van der Waals surface area contributed by atoms with E-state index in [4.69, 9.17) is 9.97 Å². The SMILES string of the molecule is Oc1cc(-c2ccc3c(N4C[C@H]5CC[C@@H](C4)N5)nc(CCNc4ncccn4)nc3c2F)c2ccccc2c1. The molecule has 9 heteroatoms. The minimum atomic E-state index is -0.411. The fourth-order valence-corrected chi connectivity index (χ4v) is 5.92. The van der Waals surface area contributed by atoms with Gasteiger partial charge in [0.1, 0.15) is 22.9 Å². The summed E-state index contributed by atoms with van der Waals surface area (Å²) < 4.78 is 16.5. The Kier molecular flexibility index (Phi) is 5.93. The Hall–Kier alpha value is -4.37. The molecule has 3 aromatic carbocycles. The summed E-state index contributed by atoms with van der Waals surface area (Å²) in [6.07, 6.45) is 6.13. The largest absolute Gasteiger partial charge is 0.508 e. The summed E-state index contributed by atoms with van der Waals surface area (Å²) in [4.78, 5) is 20.4. The highest BCUT2D eigenvalue weighted by molar-refractivity contribution is 6.01. The normalized spacial score (nSPS) is 18.6. The van der Waals surface area contributed by atoms with Crippen LogP contribution in [0.15, 0.2) is 67.0 Å². The van der Waals surface area contributed by atoms with Gasteiger partial charge in [0.05, 0.1) is 0 Å². The van der Waals surface area contributed by atoms with E-state index in [1.807, 2.05) is 30.3 Å². The van der Waals surface area contributed by atoms with Crippen molar-refractivity contribution in [3.8, 4) is 16.9 Å². The molecule has 5 aromatic rings. The monoisotopic (exact) mass is 521 g/mol. The number of halogens is 1. The van der Waals surface area contributed by atoms with Crippen molar-refractivity contribution < 1.29 is 9.50 Å². The number of hydrogen-bond donors (Lipinski definition) is 3. The lowest BCUT2D eigenvalue weighted by molar-refractivity contribution is 0.464. The quantitative estimate of drug-likeness (QED) is 0.296. The molecule has 8 nitrogen and oxygen atoms in total. The number of anilines is 2. The van der Waals surface area contributed by atoms with Crippen LogP contribution in [0.3, 0.4) is 0 Å². The summed E-state index contributed by atoms with van der Waals surface area (Å²) in [6.45, 7) is 2.18. The number of aromatic hydroxyl groups is 1. The molecule has 0 spiro atoms. The van der Waals surface area contributed by atoms with Gasteiger partial charge in [-0.15, -0.1) is 0 Å². The maximum Gasteiger partial charge on any atom is 0.222 e. The zero-order valence-electron chi connectivity index (χ0n) is 21.3. The van der Waals surface area contributed by atoms with Crippen LogP contribution in [0, 0.1) is 5.82 Å². The van der Waals surface area contributed by atoms with E-state index >= 15 is 4.39 Å². The average Bonchev–Trinajstić information content (AvgIpc) is 3.30. The summed E-state index contributed by atoms with van der Waals surface area (Å²) in [7, 11) is 0. The Morgan fingerprint density at radius 3 is 2.54 bits per heavy atom. The van der Waals surface area contributed by atoms with Gasteiger partial charge in [0.25, 0.3) is 0 Å². The second-order valence-electron chi connectivity index (χ2n) is 10.3. The van der Waals surface area contributed by atoms with E-state index in [-0.39, 0.29) is 5.75 Å². The molecule has 0 radical (unpaired) electrons. The van der Waals surface area contributed by atoms with E-state index in [2.05, 4.69) is 25.5 Å². The van der Waals surface area contributed by atoms with Crippen molar-refractivity contribution in [1.29, 1.82) is 0 Å². The molecule has 4 heterocycles. The third-order valence-corrected chi connectivity index (χ3v) is 7.68. The van der Waals surface area contributed by atoms with Crippen LogP contribution in [0.25, 0.3) is 32.8 Å². The minimum Gasteiger partial charge on any atom is -0.508 e. The molecule has 2 aliphatic heterocycles. The molecule has 0 unspecified atom stereocenters. The molecule has 2 bridgehead atoms. The molecule has 2 aromatic heterocycles. The van der Waals surface area contributed by atoms with Crippen molar-refractivity contribution in [1.82, 2.24) is 25.3 Å². The van der Waals surface area contributed by atoms with Gasteiger partial charge in [0.2, 0.25) is 5.95 Å². The number of aromatic nitrogens is 4. The zero-order valence-corrected chi connectivity index (χ0v) is 21.3. The van der Waals surface area contributed by atoms with Gasteiger partial charge in [-0.1, -0.05) is 30.3 Å². The van der Waals surface area contributed by atoms with Crippen LogP contribution < -0.4 is 15.5 Å². The first kappa shape index (κ1) is 23.7. The maximum absolute atomic E-state index is 16.5. The van der Waals surface area contributed by atoms with Gasteiger partial charge in [-0.3, -0.25) is 0 Å². The number of phenolic OH excluding ortho intramolecular Hbond substituents is 1. The molecule has 0 aliphatic carbocycles. The van der Waals surface area contributed by atoms with Crippen LogP contribution in [0.4, 0.5) is 16.2 Å². The van der Waals surface area contributed by atoms with Crippen LogP contribution in [-0.4, -0.2) is 56.8 Å². The molecular weight excluding hydrogens is 493 g/mol. The van der Waals surface area contributed by atoms with E-state index < -0.39 is 5.82 Å². The first-order valence-electron chi connectivity index (χ1n) is 13.4. The van der Waals surface area contributed by atoms with E-state index in [9.17, 15) is 5.11 Å². The fourth-order valence-electron chi connectivity index (χ4n) is 5.92.